The lowest BCUT2D eigenvalue weighted by atomic mass is 9.91. The van der Waals surface area contributed by atoms with E-state index in [2.05, 4.69) is 11.8 Å². The molecule has 25 heavy (non-hydrogen) atoms. The molecule has 3 rings (SSSR count). The smallest absolute Gasteiger partial charge is 0.253 e. The molecule has 2 heterocycles. The number of carbonyl (C=O) groups excluding carboxylic acids is 2. The summed E-state index contributed by atoms with van der Waals surface area (Å²) < 4.78 is 13.0. The fourth-order valence-electron chi connectivity index (χ4n) is 4.05. The van der Waals surface area contributed by atoms with Gasteiger partial charge in [0.2, 0.25) is 5.91 Å². The second-order valence-electron chi connectivity index (χ2n) is 7.16. The van der Waals surface area contributed by atoms with Crippen LogP contribution in [0.25, 0.3) is 0 Å². The number of halogens is 1. The van der Waals surface area contributed by atoms with Gasteiger partial charge in [0.1, 0.15) is 5.82 Å². The van der Waals surface area contributed by atoms with Crippen molar-refractivity contribution in [3.8, 4) is 0 Å². The Kier molecular flexibility index (Phi) is 5.71. The van der Waals surface area contributed by atoms with Crippen LogP contribution in [0.2, 0.25) is 0 Å². The third-order valence-electron chi connectivity index (χ3n) is 5.60. The molecule has 4 nitrogen and oxygen atoms in total. The third kappa shape index (κ3) is 4.02. The third-order valence-corrected chi connectivity index (χ3v) is 5.60. The van der Waals surface area contributed by atoms with Gasteiger partial charge in [0.05, 0.1) is 0 Å². The summed E-state index contributed by atoms with van der Waals surface area (Å²) in [6.45, 7) is 4.22. The van der Waals surface area contributed by atoms with Gasteiger partial charge in [-0.25, -0.2) is 4.39 Å². The first-order chi connectivity index (χ1) is 12.1. The van der Waals surface area contributed by atoms with Crippen molar-refractivity contribution in [3.63, 3.8) is 0 Å². The van der Waals surface area contributed by atoms with Crippen LogP contribution in [-0.4, -0.2) is 47.3 Å². The molecular formula is C20H27FN2O2. The number of benzene rings is 1. The SMILES string of the molecule is CC[C@@H]1CCCCN1C(=O)C1CCN(C(=O)c2ccc(F)cc2)CC1. The van der Waals surface area contributed by atoms with Gasteiger partial charge >= 0.3 is 0 Å². The van der Waals surface area contributed by atoms with E-state index < -0.39 is 0 Å². The second kappa shape index (κ2) is 7.98. The van der Waals surface area contributed by atoms with Crippen molar-refractivity contribution in [2.45, 2.75) is 51.5 Å². The molecule has 2 fully saturated rings. The van der Waals surface area contributed by atoms with Gasteiger partial charge in [-0.15, -0.1) is 0 Å². The Morgan fingerprint density at radius 1 is 1.04 bits per heavy atom. The number of rotatable bonds is 3. The maximum Gasteiger partial charge on any atom is 0.253 e. The number of hydrogen-bond acceptors (Lipinski definition) is 2. The van der Waals surface area contributed by atoms with E-state index in [0.29, 0.717) is 24.7 Å². The molecule has 0 unspecified atom stereocenters. The summed E-state index contributed by atoms with van der Waals surface area (Å²) in [6.07, 6.45) is 5.90. The van der Waals surface area contributed by atoms with Gasteiger partial charge in [0.15, 0.2) is 0 Å². The van der Waals surface area contributed by atoms with Gasteiger partial charge in [-0.3, -0.25) is 9.59 Å². The lowest BCUT2D eigenvalue weighted by Gasteiger charge is -2.39. The minimum absolute atomic E-state index is 0.0319. The lowest BCUT2D eigenvalue weighted by molar-refractivity contribution is -0.140. The Hall–Kier alpha value is -1.91. The predicted molar refractivity (Wildman–Crippen MR) is 94.7 cm³/mol. The van der Waals surface area contributed by atoms with Crippen LogP contribution in [0.4, 0.5) is 4.39 Å². The number of piperidine rings is 2. The monoisotopic (exact) mass is 346 g/mol. The van der Waals surface area contributed by atoms with Crippen LogP contribution in [0.1, 0.15) is 55.8 Å². The van der Waals surface area contributed by atoms with Crippen molar-refractivity contribution < 1.29 is 14.0 Å². The minimum atomic E-state index is -0.340. The molecule has 2 aliphatic rings. The van der Waals surface area contributed by atoms with E-state index in [4.69, 9.17) is 0 Å². The van der Waals surface area contributed by atoms with Crippen molar-refractivity contribution in [2.75, 3.05) is 19.6 Å². The van der Waals surface area contributed by atoms with Crippen LogP contribution >= 0.6 is 0 Å². The molecule has 2 amide bonds. The number of hydrogen-bond donors (Lipinski definition) is 0. The standard InChI is InChI=1S/C20H27FN2O2/c1-2-18-5-3-4-12-23(18)20(25)16-10-13-22(14-11-16)19(24)15-6-8-17(21)9-7-15/h6-9,16,18H,2-5,10-14H2,1H3/t18-/m1/s1. The molecule has 1 aromatic rings. The van der Waals surface area contributed by atoms with E-state index in [9.17, 15) is 14.0 Å². The zero-order chi connectivity index (χ0) is 17.8. The van der Waals surface area contributed by atoms with Crippen molar-refractivity contribution >= 4 is 11.8 Å². The average Bonchev–Trinajstić information content (AvgIpc) is 2.67. The Balaban J connectivity index is 1.56. The fraction of sp³-hybridized carbons (Fsp3) is 0.600. The molecule has 0 saturated carbocycles. The van der Waals surface area contributed by atoms with Gasteiger partial charge in [-0.2, -0.15) is 0 Å². The molecule has 0 spiro atoms. The van der Waals surface area contributed by atoms with E-state index in [1.165, 1.54) is 30.7 Å². The van der Waals surface area contributed by atoms with Crippen LogP contribution in [0.5, 0.6) is 0 Å². The van der Waals surface area contributed by atoms with Crippen LogP contribution in [0.3, 0.4) is 0 Å². The minimum Gasteiger partial charge on any atom is -0.339 e. The van der Waals surface area contributed by atoms with E-state index in [1.807, 2.05) is 0 Å². The molecule has 136 valence electrons. The fourth-order valence-corrected chi connectivity index (χ4v) is 4.05. The topological polar surface area (TPSA) is 40.6 Å². The molecule has 0 radical (unpaired) electrons. The first kappa shape index (κ1) is 17.9. The van der Waals surface area contributed by atoms with Crippen molar-refractivity contribution in [1.29, 1.82) is 0 Å². The average molecular weight is 346 g/mol. The summed E-state index contributed by atoms with van der Waals surface area (Å²) in [5.41, 5.74) is 0.508. The van der Waals surface area contributed by atoms with Crippen LogP contribution in [0.15, 0.2) is 24.3 Å². The van der Waals surface area contributed by atoms with E-state index in [0.717, 1.165) is 38.6 Å². The Labute approximate surface area is 149 Å². The Morgan fingerprint density at radius 2 is 1.72 bits per heavy atom. The molecule has 0 aromatic heterocycles. The highest BCUT2D eigenvalue weighted by Crippen LogP contribution is 2.26. The predicted octanol–water partition coefficient (Wildman–Crippen LogP) is 3.47. The van der Waals surface area contributed by atoms with Crippen molar-refractivity contribution in [3.05, 3.63) is 35.6 Å². The van der Waals surface area contributed by atoms with Crippen molar-refractivity contribution in [2.24, 2.45) is 5.92 Å². The van der Waals surface area contributed by atoms with Crippen LogP contribution < -0.4 is 0 Å². The second-order valence-corrected chi connectivity index (χ2v) is 7.16. The summed E-state index contributed by atoms with van der Waals surface area (Å²) >= 11 is 0. The summed E-state index contributed by atoms with van der Waals surface area (Å²) in [7, 11) is 0. The van der Waals surface area contributed by atoms with Gasteiger partial charge in [-0.05, 0) is 62.8 Å². The molecule has 1 atom stereocenters. The quantitative estimate of drug-likeness (QED) is 0.841. The highest BCUT2D eigenvalue weighted by molar-refractivity contribution is 5.94. The summed E-state index contributed by atoms with van der Waals surface area (Å²) in [5, 5.41) is 0. The Morgan fingerprint density at radius 3 is 2.36 bits per heavy atom. The van der Waals surface area contributed by atoms with Crippen LogP contribution in [-0.2, 0) is 4.79 Å². The Bertz CT molecular complexity index is 609. The molecule has 0 bridgehead atoms. The number of amides is 2. The zero-order valence-electron chi connectivity index (χ0n) is 14.9. The molecule has 2 saturated heterocycles. The molecule has 5 heteroatoms. The molecule has 0 N–H and O–H groups in total. The van der Waals surface area contributed by atoms with E-state index in [1.54, 1.807) is 4.90 Å². The zero-order valence-corrected chi connectivity index (χ0v) is 14.9. The number of carbonyl (C=O) groups is 2. The van der Waals surface area contributed by atoms with E-state index in [-0.39, 0.29) is 23.5 Å². The molecule has 1 aromatic carbocycles. The lowest BCUT2D eigenvalue weighted by Crippen LogP contribution is -2.49. The number of likely N-dealkylation sites (tertiary alicyclic amines) is 2. The largest absolute Gasteiger partial charge is 0.339 e. The molecular weight excluding hydrogens is 319 g/mol. The maximum absolute atomic E-state index is 13.0. The highest BCUT2D eigenvalue weighted by atomic mass is 19.1. The normalized spacial score (nSPS) is 22.1. The highest BCUT2D eigenvalue weighted by Gasteiger charge is 2.33. The molecule has 2 aliphatic heterocycles. The maximum atomic E-state index is 13.0. The summed E-state index contributed by atoms with van der Waals surface area (Å²) in [6, 6.07) is 6.05. The number of nitrogens with zero attached hydrogens (tertiary/aromatic N) is 2. The summed E-state index contributed by atoms with van der Waals surface area (Å²) in [5.74, 6) is -0.104. The van der Waals surface area contributed by atoms with Gasteiger partial charge < -0.3 is 9.80 Å². The molecule has 0 aliphatic carbocycles. The first-order valence-electron chi connectivity index (χ1n) is 9.45. The summed E-state index contributed by atoms with van der Waals surface area (Å²) in [4.78, 5) is 29.3. The van der Waals surface area contributed by atoms with Gasteiger partial charge in [-0.1, -0.05) is 6.92 Å². The first-order valence-corrected chi connectivity index (χ1v) is 9.45. The van der Waals surface area contributed by atoms with Gasteiger partial charge in [0, 0.05) is 37.2 Å². The van der Waals surface area contributed by atoms with Gasteiger partial charge in [0.25, 0.3) is 5.91 Å². The van der Waals surface area contributed by atoms with Crippen LogP contribution in [0, 0.1) is 11.7 Å². The van der Waals surface area contributed by atoms with Crippen molar-refractivity contribution in [1.82, 2.24) is 9.80 Å². The van der Waals surface area contributed by atoms with E-state index >= 15 is 0 Å².